The van der Waals surface area contributed by atoms with Gasteiger partial charge in [0.05, 0.1) is 21.3 Å². The topological polar surface area (TPSA) is 27.7 Å². The summed E-state index contributed by atoms with van der Waals surface area (Å²) >= 11 is 0. The van der Waals surface area contributed by atoms with Crippen molar-refractivity contribution in [3.63, 3.8) is 0 Å². The van der Waals surface area contributed by atoms with E-state index in [9.17, 15) is 0 Å². The molecule has 0 bridgehead atoms. The zero-order chi connectivity index (χ0) is 20.8. The molecule has 1 atom stereocenters. The summed E-state index contributed by atoms with van der Waals surface area (Å²) in [6.07, 6.45) is 0. The summed E-state index contributed by atoms with van der Waals surface area (Å²) in [5, 5.41) is 2.39. The van der Waals surface area contributed by atoms with E-state index < -0.39 is 0 Å². The molecule has 0 saturated heterocycles. The van der Waals surface area contributed by atoms with E-state index in [2.05, 4.69) is 55.5 Å². The fourth-order valence-corrected chi connectivity index (χ4v) is 4.71. The van der Waals surface area contributed by atoms with Crippen LogP contribution in [-0.2, 0) is 0 Å². The maximum absolute atomic E-state index is 5.56. The Bertz CT molecular complexity index is 1270. The maximum Gasteiger partial charge on any atom is 0.119 e. The molecule has 0 aromatic heterocycles. The van der Waals surface area contributed by atoms with Crippen molar-refractivity contribution >= 4 is 10.8 Å². The van der Waals surface area contributed by atoms with Crippen LogP contribution in [0.1, 0.15) is 24.0 Å². The molecule has 0 amide bonds. The van der Waals surface area contributed by atoms with Gasteiger partial charge in [-0.05, 0) is 86.6 Å². The minimum atomic E-state index is 0.252. The Kier molecular flexibility index (Phi) is 4.39. The van der Waals surface area contributed by atoms with Gasteiger partial charge in [0.15, 0.2) is 0 Å². The van der Waals surface area contributed by atoms with Crippen LogP contribution in [0.3, 0.4) is 0 Å². The lowest BCUT2D eigenvalue weighted by atomic mass is 9.86. The van der Waals surface area contributed by atoms with Gasteiger partial charge >= 0.3 is 0 Å². The highest BCUT2D eigenvalue weighted by Crippen LogP contribution is 2.52. The molecule has 1 aliphatic rings. The monoisotopic (exact) mass is 396 g/mol. The van der Waals surface area contributed by atoms with Crippen LogP contribution in [0, 0.1) is 0 Å². The lowest BCUT2D eigenvalue weighted by Gasteiger charge is -2.18. The number of ether oxygens (including phenoxy) is 3. The van der Waals surface area contributed by atoms with Gasteiger partial charge in [-0.15, -0.1) is 0 Å². The van der Waals surface area contributed by atoms with Gasteiger partial charge in [-0.2, -0.15) is 0 Å². The summed E-state index contributed by atoms with van der Waals surface area (Å²) in [5.41, 5.74) is 7.60. The summed E-state index contributed by atoms with van der Waals surface area (Å²) in [5.74, 6) is 2.85. The Hall–Kier alpha value is -3.46. The molecule has 30 heavy (non-hydrogen) atoms. The van der Waals surface area contributed by atoms with Crippen molar-refractivity contribution in [1.82, 2.24) is 0 Å². The van der Waals surface area contributed by atoms with Crippen LogP contribution in [0.15, 0.2) is 66.7 Å². The van der Waals surface area contributed by atoms with Gasteiger partial charge in [-0.3, -0.25) is 0 Å². The van der Waals surface area contributed by atoms with Gasteiger partial charge in [0, 0.05) is 5.92 Å². The average molecular weight is 396 g/mol. The fraction of sp³-hybridized carbons (Fsp3) is 0.185. The molecule has 0 spiro atoms. The zero-order valence-electron chi connectivity index (χ0n) is 17.7. The highest BCUT2D eigenvalue weighted by atomic mass is 16.5. The Morgan fingerprint density at radius 3 is 2.13 bits per heavy atom. The SMILES string of the molecule is COc1cccc(-c2c3c(cc4ccc(OC)cc24)-c2ccc(OC)cc2C3C)c1. The minimum Gasteiger partial charge on any atom is -0.497 e. The van der Waals surface area contributed by atoms with Crippen LogP contribution >= 0.6 is 0 Å². The zero-order valence-corrected chi connectivity index (χ0v) is 17.7. The molecule has 0 radical (unpaired) electrons. The summed E-state index contributed by atoms with van der Waals surface area (Å²) in [6.45, 7) is 2.28. The number of benzene rings is 4. The van der Waals surface area contributed by atoms with E-state index in [0.29, 0.717) is 0 Å². The van der Waals surface area contributed by atoms with E-state index in [-0.39, 0.29) is 5.92 Å². The van der Waals surface area contributed by atoms with Crippen LogP contribution < -0.4 is 14.2 Å². The van der Waals surface area contributed by atoms with E-state index in [4.69, 9.17) is 14.2 Å². The van der Waals surface area contributed by atoms with Gasteiger partial charge in [0.25, 0.3) is 0 Å². The van der Waals surface area contributed by atoms with Crippen molar-refractivity contribution in [3.8, 4) is 39.5 Å². The smallest absolute Gasteiger partial charge is 0.119 e. The van der Waals surface area contributed by atoms with Crippen LogP contribution in [0.5, 0.6) is 17.2 Å². The van der Waals surface area contributed by atoms with Gasteiger partial charge in [0.2, 0.25) is 0 Å². The second-order valence-corrected chi connectivity index (χ2v) is 7.71. The molecule has 0 heterocycles. The van der Waals surface area contributed by atoms with E-state index in [1.807, 2.05) is 18.2 Å². The van der Waals surface area contributed by atoms with E-state index in [1.54, 1.807) is 21.3 Å². The second-order valence-electron chi connectivity index (χ2n) is 7.71. The fourth-order valence-electron chi connectivity index (χ4n) is 4.71. The third kappa shape index (κ3) is 2.73. The molecule has 0 fully saturated rings. The Labute approximate surface area is 176 Å². The summed E-state index contributed by atoms with van der Waals surface area (Å²) in [6, 6.07) is 23.3. The second kappa shape index (κ2) is 7.10. The average Bonchev–Trinajstić information content (AvgIpc) is 3.08. The van der Waals surface area contributed by atoms with Gasteiger partial charge in [-0.1, -0.05) is 31.2 Å². The molecule has 1 unspecified atom stereocenters. The van der Waals surface area contributed by atoms with E-state index in [1.165, 1.54) is 38.6 Å². The van der Waals surface area contributed by atoms with Gasteiger partial charge in [-0.25, -0.2) is 0 Å². The number of hydrogen-bond acceptors (Lipinski definition) is 3. The molecular formula is C27H24O3. The van der Waals surface area contributed by atoms with Crippen LogP contribution in [0.2, 0.25) is 0 Å². The first-order valence-corrected chi connectivity index (χ1v) is 10.1. The molecule has 0 N–H and O–H groups in total. The molecule has 3 heteroatoms. The van der Waals surface area contributed by atoms with Crippen LogP contribution in [0.25, 0.3) is 33.0 Å². The standard InChI is InChI=1S/C27H24O3/c1-16-23-14-21(30-4)10-11-22(23)25-13-17-8-9-20(29-3)15-24(17)27(26(16)25)18-6-5-7-19(12-18)28-2/h5-16H,1-4H3. The highest BCUT2D eigenvalue weighted by Gasteiger charge is 2.30. The van der Waals surface area contributed by atoms with Gasteiger partial charge < -0.3 is 14.2 Å². The van der Waals surface area contributed by atoms with E-state index >= 15 is 0 Å². The molecule has 4 aromatic rings. The summed E-state index contributed by atoms with van der Waals surface area (Å²) in [7, 11) is 5.14. The summed E-state index contributed by atoms with van der Waals surface area (Å²) in [4.78, 5) is 0. The Morgan fingerprint density at radius 1 is 0.667 bits per heavy atom. The quantitative estimate of drug-likeness (QED) is 0.386. The predicted molar refractivity (Wildman–Crippen MR) is 122 cm³/mol. The first kappa shape index (κ1) is 18.6. The van der Waals surface area contributed by atoms with Crippen LogP contribution in [-0.4, -0.2) is 21.3 Å². The number of rotatable bonds is 4. The first-order valence-electron chi connectivity index (χ1n) is 10.1. The summed E-state index contributed by atoms with van der Waals surface area (Å²) < 4.78 is 16.6. The third-order valence-corrected chi connectivity index (χ3v) is 6.20. The molecule has 150 valence electrons. The number of hydrogen-bond donors (Lipinski definition) is 0. The number of fused-ring (bicyclic) bond motifs is 4. The lowest BCUT2D eigenvalue weighted by molar-refractivity contribution is 0.414. The maximum atomic E-state index is 5.56. The van der Waals surface area contributed by atoms with Crippen molar-refractivity contribution < 1.29 is 14.2 Å². The van der Waals surface area contributed by atoms with Crippen molar-refractivity contribution in [3.05, 3.63) is 77.9 Å². The first-order chi connectivity index (χ1) is 14.6. The number of methoxy groups -OCH3 is 3. The van der Waals surface area contributed by atoms with Crippen LogP contribution in [0.4, 0.5) is 0 Å². The molecule has 5 rings (SSSR count). The van der Waals surface area contributed by atoms with Crippen molar-refractivity contribution in [2.24, 2.45) is 0 Å². The normalized spacial score (nSPS) is 14.3. The Morgan fingerprint density at radius 2 is 1.37 bits per heavy atom. The molecule has 1 aliphatic carbocycles. The predicted octanol–water partition coefficient (Wildman–Crippen LogP) is 6.66. The largest absolute Gasteiger partial charge is 0.497 e. The third-order valence-electron chi connectivity index (χ3n) is 6.20. The molecule has 3 nitrogen and oxygen atoms in total. The lowest BCUT2D eigenvalue weighted by Crippen LogP contribution is -1.96. The Balaban J connectivity index is 1.88. The van der Waals surface area contributed by atoms with Crippen molar-refractivity contribution in [2.75, 3.05) is 21.3 Å². The molecule has 0 saturated carbocycles. The highest BCUT2D eigenvalue weighted by molar-refractivity contribution is 6.05. The van der Waals surface area contributed by atoms with Crippen molar-refractivity contribution in [2.45, 2.75) is 12.8 Å². The van der Waals surface area contributed by atoms with E-state index in [0.717, 1.165) is 22.8 Å². The van der Waals surface area contributed by atoms with Crippen molar-refractivity contribution in [1.29, 1.82) is 0 Å². The molecule has 4 aromatic carbocycles. The molecule has 0 aliphatic heterocycles. The van der Waals surface area contributed by atoms with Gasteiger partial charge in [0.1, 0.15) is 17.2 Å². The minimum absolute atomic E-state index is 0.252. The molecular weight excluding hydrogens is 372 g/mol.